The number of hydrogen-bond donors (Lipinski definition) is 1. The maximum Gasteiger partial charge on any atom is 0.127 e. The van der Waals surface area contributed by atoms with Crippen molar-refractivity contribution in [3.63, 3.8) is 0 Å². The summed E-state index contributed by atoms with van der Waals surface area (Å²) in [5.74, 6) is 1.03. The summed E-state index contributed by atoms with van der Waals surface area (Å²) in [5.41, 5.74) is 0. The Balaban J connectivity index is 1.75. The van der Waals surface area contributed by atoms with Gasteiger partial charge in [-0.1, -0.05) is 43.3 Å². The Kier molecular flexibility index (Phi) is 3.69. The molecule has 100 valence electrons. The molecular weight excluding hydrogens is 234 g/mol. The summed E-state index contributed by atoms with van der Waals surface area (Å²) in [4.78, 5) is 0. The monoisotopic (exact) mass is 255 g/mol. The zero-order chi connectivity index (χ0) is 13.1. The standard InChI is InChI=1S/C17H21NO/c1-2-18-14-10-11-15(12-14)19-17-9-5-7-13-6-3-4-8-16(13)17/h3-9,14-15,18H,2,10-12H2,1H3. The molecule has 0 spiro atoms. The average molecular weight is 255 g/mol. The van der Waals surface area contributed by atoms with Crippen LogP contribution in [0.2, 0.25) is 0 Å². The van der Waals surface area contributed by atoms with Crippen LogP contribution in [-0.4, -0.2) is 18.7 Å². The molecule has 0 amide bonds. The highest BCUT2D eigenvalue weighted by Gasteiger charge is 2.25. The first kappa shape index (κ1) is 12.5. The van der Waals surface area contributed by atoms with E-state index in [1.807, 2.05) is 0 Å². The topological polar surface area (TPSA) is 21.3 Å². The number of fused-ring (bicyclic) bond motifs is 1. The summed E-state index contributed by atoms with van der Waals surface area (Å²) in [7, 11) is 0. The predicted octanol–water partition coefficient (Wildman–Crippen LogP) is 3.75. The lowest BCUT2D eigenvalue weighted by Crippen LogP contribution is -2.27. The lowest BCUT2D eigenvalue weighted by atomic mass is 10.1. The fraction of sp³-hybridized carbons (Fsp3) is 0.412. The molecule has 0 aromatic heterocycles. The molecule has 2 atom stereocenters. The summed E-state index contributed by atoms with van der Waals surface area (Å²) < 4.78 is 6.23. The predicted molar refractivity (Wildman–Crippen MR) is 79.7 cm³/mol. The zero-order valence-electron chi connectivity index (χ0n) is 11.4. The summed E-state index contributed by atoms with van der Waals surface area (Å²) in [5, 5.41) is 5.99. The van der Waals surface area contributed by atoms with Crippen molar-refractivity contribution in [1.29, 1.82) is 0 Å². The third-order valence-electron chi connectivity index (χ3n) is 3.92. The second-order valence-corrected chi connectivity index (χ2v) is 5.28. The van der Waals surface area contributed by atoms with Gasteiger partial charge >= 0.3 is 0 Å². The maximum absolute atomic E-state index is 6.23. The van der Waals surface area contributed by atoms with Crippen LogP contribution in [0.1, 0.15) is 26.2 Å². The maximum atomic E-state index is 6.23. The lowest BCUT2D eigenvalue weighted by molar-refractivity contribution is 0.209. The van der Waals surface area contributed by atoms with Gasteiger partial charge in [-0.2, -0.15) is 0 Å². The van der Waals surface area contributed by atoms with Gasteiger partial charge in [0.25, 0.3) is 0 Å². The van der Waals surface area contributed by atoms with Gasteiger partial charge in [-0.3, -0.25) is 0 Å². The van der Waals surface area contributed by atoms with Crippen LogP contribution in [-0.2, 0) is 0 Å². The molecule has 1 saturated carbocycles. The second kappa shape index (κ2) is 5.62. The molecule has 2 aromatic rings. The van der Waals surface area contributed by atoms with E-state index in [9.17, 15) is 0 Å². The van der Waals surface area contributed by atoms with Gasteiger partial charge in [0.05, 0.1) is 0 Å². The van der Waals surface area contributed by atoms with Gasteiger partial charge in [0.2, 0.25) is 0 Å². The highest BCUT2D eigenvalue weighted by atomic mass is 16.5. The molecule has 1 aliphatic carbocycles. The van der Waals surface area contributed by atoms with Crippen LogP contribution in [0.4, 0.5) is 0 Å². The fourth-order valence-corrected chi connectivity index (χ4v) is 3.00. The molecule has 2 aromatic carbocycles. The van der Waals surface area contributed by atoms with Crippen LogP contribution < -0.4 is 10.1 Å². The minimum Gasteiger partial charge on any atom is -0.490 e. The Morgan fingerprint density at radius 1 is 1.11 bits per heavy atom. The van der Waals surface area contributed by atoms with Gasteiger partial charge in [0, 0.05) is 11.4 Å². The quantitative estimate of drug-likeness (QED) is 0.898. The Hall–Kier alpha value is -1.54. The summed E-state index contributed by atoms with van der Waals surface area (Å²) >= 11 is 0. The van der Waals surface area contributed by atoms with Crippen LogP contribution in [0, 0.1) is 0 Å². The summed E-state index contributed by atoms with van der Waals surface area (Å²) in [6, 6.07) is 15.4. The van der Waals surface area contributed by atoms with Crippen molar-refractivity contribution >= 4 is 10.8 Å². The molecular formula is C17H21NO. The van der Waals surface area contributed by atoms with Crippen molar-refractivity contribution in [2.24, 2.45) is 0 Å². The molecule has 0 heterocycles. The average Bonchev–Trinajstić information content (AvgIpc) is 2.87. The minimum atomic E-state index is 0.356. The van der Waals surface area contributed by atoms with E-state index in [0.29, 0.717) is 12.1 Å². The van der Waals surface area contributed by atoms with Gasteiger partial charge < -0.3 is 10.1 Å². The highest BCUT2D eigenvalue weighted by molar-refractivity contribution is 5.88. The Labute approximate surface area is 114 Å². The normalized spacial score (nSPS) is 22.8. The Bertz CT molecular complexity index is 546. The molecule has 0 radical (unpaired) electrons. The van der Waals surface area contributed by atoms with E-state index >= 15 is 0 Å². The molecule has 0 bridgehead atoms. The van der Waals surface area contributed by atoms with Gasteiger partial charge in [-0.05, 0) is 37.3 Å². The van der Waals surface area contributed by atoms with Gasteiger partial charge in [-0.25, -0.2) is 0 Å². The number of hydrogen-bond acceptors (Lipinski definition) is 2. The molecule has 19 heavy (non-hydrogen) atoms. The molecule has 2 nitrogen and oxygen atoms in total. The highest BCUT2D eigenvalue weighted by Crippen LogP contribution is 2.30. The third-order valence-corrected chi connectivity index (χ3v) is 3.92. The molecule has 3 rings (SSSR count). The van der Waals surface area contributed by atoms with E-state index < -0.39 is 0 Å². The van der Waals surface area contributed by atoms with Gasteiger partial charge in [0.15, 0.2) is 0 Å². The molecule has 0 aliphatic heterocycles. The second-order valence-electron chi connectivity index (χ2n) is 5.28. The van der Waals surface area contributed by atoms with Crippen LogP contribution in [0.5, 0.6) is 5.75 Å². The largest absolute Gasteiger partial charge is 0.490 e. The van der Waals surface area contributed by atoms with E-state index in [1.165, 1.54) is 17.2 Å². The van der Waals surface area contributed by atoms with Gasteiger partial charge in [0.1, 0.15) is 11.9 Å². The molecule has 1 aliphatic rings. The van der Waals surface area contributed by atoms with Crippen LogP contribution in [0.25, 0.3) is 10.8 Å². The Morgan fingerprint density at radius 3 is 2.84 bits per heavy atom. The number of ether oxygens (including phenoxy) is 1. The Morgan fingerprint density at radius 2 is 1.95 bits per heavy atom. The van der Waals surface area contributed by atoms with Gasteiger partial charge in [-0.15, -0.1) is 0 Å². The summed E-state index contributed by atoms with van der Waals surface area (Å²) in [6.07, 6.45) is 3.86. The number of benzene rings is 2. The van der Waals surface area contributed by atoms with Crippen LogP contribution in [0.3, 0.4) is 0 Å². The first-order valence-corrected chi connectivity index (χ1v) is 7.24. The van der Waals surface area contributed by atoms with Crippen molar-refractivity contribution < 1.29 is 4.74 Å². The third kappa shape index (κ3) is 2.74. The van der Waals surface area contributed by atoms with E-state index in [0.717, 1.165) is 25.1 Å². The van der Waals surface area contributed by atoms with E-state index in [-0.39, 0.29) is 0 Å². The first-order chi connectivity index (χ1) is 9.36. The summed E-state index contributed by atoms with van der Waals surface area (Å²) in [6.45, 7) is 3.21. The van der Waals surface area contributed by atoms with E-state index in [4.69, 9.17) is 4.74 Å². The molecule has 2 unspecified atom stereocenters. The minimum absolute atomic E-state index is 0.356. The molecule has 0 saturated heterocycles. The number of nitrogens with one attached hydrogen (secondary N) is 1. The van der Waals surface area contributed by atoms with Crippen LogP contribution >= 0.6 is 0 Å². The van der Waals surface area contributed by atoms with E-state index in [1.54, 1.807) is 0 Å². The lowest BCUT2D eigenvalue weighted by Gasteiger charge is -2.16. The molecule has 1 fully saturated rings. The van der Waals surface area contributed by atoms with Crippen molar-refractivity contribution in [2.75, 3.05) is 6.54 Å². The zero-order valence-corrected chi connectivity index (χ0v) is 11.4. The molecule has 2 heteroatoms. The van der Waals surface area contributed by atoms with Crippen molar-refractivity contribution in [3.8, 4) is 5.75 Å². The first-order valence-electron chi connectivity index (χ1n) is 7.24. The SMILES string of the molecule is CCNC1CCC(Oc2cccc3ccccc23)C1. The van der Waals surface area contributed by atoms with Crippen LogP contribution in [0.15, 0.2) is 42.5 Å². The molecule has 1 N–H and O–H groups in total. The van der Waals surface area contributed by atoms with Crippen molar-refractivity contribution in [3.05, 3.63) is 42.5 Å². The van der Waals surface area contributed by atoms with E-state index in [2.05, 4.69) is 54.7 Å². The fourth-order valence-electron chi connectivity index (χ4n) is 3.00. The smallest absolute Gasteiger partial charge is 0.127 e. The van der Waals surface area contributed by atoms with Crippen molar-refractivity contribution in [2.45, 2.75) is 38.3 Å². The van der Waals surface area contributed by atoms with Crippen molar-refractivity contribution in [1.82, 2.24) is 5.32 Å². The number of rotatable bonds is 4.